The van der Waals surface area contributed by atoms with Gasteiger partial charge in [0.25, 0.3) is 0 Å². The Balaban J connectivity index is 0.00000420. The standard InChI is InChI=1S/C21H33N5O2.HI/c1-3-11-23-19(27)9-12-24-21(22-2)25-15-18-14-20(28)26(16-18)13-10-17-7-5-4-6-8-17;/h4-8,18H,3,9-16H2,1-2H3,(H,23,27)(H2,22,24,25);1H. The first-order chi connectivity index (χ1) is 13.6. The Bertz CT molecular complexity index is 654. The van der Waals surface area contributed by atoms with E-state index in [4.69, 9.17) is 0 Å². The molecule has 8 heteroatoms. The Morgan fingerprint density at radius 1 is 1.17 bits per heavy atom. The van der Waals surface area contributed by atoms with Crippen molar-refractivity contribution in [1.82, 2.24) is 20.9 Å². The summed E-state index contributed by atoms with van der Waals surface area (Å²) in [6, 6.07) is 10.3. The Hall–Kier alpha value is -1.84. The Kier molecular flexibility index (Phi) is 12.3. The zero-order valence-electron chi connectivity index (χ0n) is 17.4. The molecule has 1 saturated heterocycles. The molecule has 0 aromatic heterocycles. The number of hydrogen-bond donors (Lipinski definition) is 3. The Labute approximate surface area is 191 Å². The molecule has 3 N–H and O–H groups in total. The molecule has 29 heavy (non-hydrogen) atoms. The summed E-state index contributed by atoms with van der Waals surface area (Å²) in [5.74, 6) is 1.20. The minimum absolute atomic E-state index is 0. The summed E-state index contributed by atoms with van der Waals surface area (Å²) >= 11 is 0. The zero-order chi connectivity index (χ0) is 20.2. The van der Waals surface area contributed by atoms with Crippen LogP contribution < -0.4 is 16.0 Å². The van der Waals surface area contributed by atoms with E-state index in [1.807, 2.05) is 30.0 Å². The fourth-order valence-electron chi connectivity index (χ4n) is 3.22. The maximum atomic E-state index is 12.3. The number of halogens is 1. The van der Waals surface area contributed by atoms with E-state index in [-0.39, 0.29) is 41.7 Å². The van der Waals surface area contributed by atoms with Crippen LogP contribution in [-0.2, 0) is 16.0 Å². The Morgan fingerprint density at radius 3 is 2.62 bits per heavy atom. The highest BCUT2D eigenvalue weighted by molar-refractivity contribution is 14.0. The molecule has 2 rings (SSSR count). The number of amides is 2. The molecule has 1 aliphatic heterocycles. The van der Waals surface area contributed by atoms with E-state index in [0.29, 0.717) is 38.4 Å². The summed E-state index contributed by atoms with van der Waals surface area (Å²) in [4.78, 5) is 30.0. The molecule has 0 spiro atoms. The van der Waals surface area contributed by atoms with Gasteiger partial charge in [0.1, 0.15) is 0 Å². The lowest BCUT2D eigenvalue weighted by molar-refractivity contribution is -0.127. The van der Waals surface area contributed by atoms with Crippen molar-refractivity contribution in [2.45, 2.75) is 32.6 Å². The van der Waals surface area contributed by atoms with E-state index in [0.717, 1.165) is 25.9 Å². The highest BCUT2D eigenvalue weighted by Gasteiger charge is 2.29. The van der Waals surface area contributed by atoms with Crippen molar-refractivity contribution in [2.75, 3.05) is 39.8 Å². The summed E-state index contributed by atoms with van der Waals surface area (Å²) in [6.07, 6.45) is 2.80. The molecule has 1 atom stereocenters. The van der Waals surface area contributed by atoms with Crippen LogP contribution in [-0.4, -0.2) is 62.4 Å². The molecule has 0 aliphatic carbocycles. The smallest absolute Gasteiger partial charge is 0.223 e. The van der Waals surface area contributed by atoms with Gasteiger partial charge in [-0.2, -0.15) is 0 Å². The highest BCUT2D eigenvalue weighted by atomic mass is 127. The molecule has 1 aromatic rings. The number of carbonyl (C=O) groups excluding carboxylic acids is 2. The van der Waals surface area contributed by atoms with Gasteiger partial charge in [-0.3, -0.25) is 14.6 Å². The molecule has 162 valence electrons. The number of aliphatic imine (C=N–C) groups is 1. The van der Waals surface area contributed by atoms with Crippen LogP contribution >= 0.6 is 24.0 Å². The lowest BCUT2D eigenvalue weighted by Crippen LogP contribution is -2.41. The maximum absolute atomic E-state index is 12.3. The normalized spacial score (nSPS) is 16.3. The van der Waals surface area contributed by atoms with Crippen molar-refractivity contribution in [2.24, 2.45) is 10.9 Å². The first-order valence-electron chi connectivity index (χ1n) is 10.1. The molecule has 2 amide bonds. The first kappa shape index (κ1) is 25.2. The van der Waals surface area contributed by atoms with Crippen LogP contribution in [0.4, 0.5) is 0 Å². The largest absolute Gasteiger partial charge is 0.356 e. The molecule has 0 radical (unpaired) electrons. The lowest BCUT2D eigenvalue weighted by Gasteiger charge is -2.18. The molecular weight excluding hydrogens is 481 g/mol. The topological polar surface area (TPSA) is 85.8 Å². The van der Waals surface area contributed by atoms with Crippen molar-refractivity contribution < 1.29 is 9.59 Å². The van der Waals surface area contributed by atoms with Crippen molar-refractivity contribution >= 4 is 41.8 Å². The minimum atomic E-state index is 0. The maximum Gasteiger partial charge on any atom is 0.223 e. The molecule has 1 fully saturated rings. The van der Waals surface area contributed by atoms with Gasteiger partial charge in [0.15, 0.2) is 5.96 Å². The molecular formula is C21H34IN5O2. The van der Waals surface area contributed by atoms with Crippen LogP contribution in [0, 0.1) is 5.92 Å². The van der Waals surface area contributed by atoms with E-state index in [9.17, 15) is 9.59 Å². The second-order valence-electron chi connectivity index (χ2n) is 7.13. The van der Waals surface area contributed by atoms with Gasteiger partial charge in [0.05, 0.1) is 0 Å². The van der Waals surface area contributed by atoms with E-state index in [1.165, 1.54) is 5.56 Å². The van der Waals surface area contributed by atoms with Gasteiger partial charge in [-0.05, 0) is 18.4 Å². The van der Waals surface area contributed by atoms with Crippen molar-refractivity contribution in [1.29, 1.82) is 0 Å². The highest BCUT2D eigenvalue weighted by Crippen LogP contribution is 2.17. The number of nitrogens with zero attached hydrogens (tertiary/aromatic N) is 2. The second-order valence-corrected chi connectivity index (χ2v) is 7.13. The average molecular weight is 515 g/mol. The summed E-state index contributed by atoms with van der Waals surface area (Å²) in [6.45, 7) is 5.49. The molecule has 1 aromatic carbocycles. The van der Waals surface area contributed by atoms with E-state index >= 15 is 0 Å². The van der Waals surface area contributed by atoms with Crippen molar-refractivity contribution in [3.8, 4) is 0 Å². The predicted molar refractivity (Wildman–Crippen MR) is 128 cm³/mol. The van der Waals surface area contributed by atoms with E-state index in [1.54, 1.807) is 7.05 Å². The monoisotopic (exact) mass is 515 g/mol. The number of carbonyl (C=O) groups is 2. The fraction of sp³-hybridized carbons (Fsp3) is 0.571. The van der Waals surface area contributed by atoms with Gasteiger partial charge in [0.2, 0.25) is 11.8 Å². The van der Waals surface area contributed by atoms with Gasteiger partial charge >= 0.3 is 0 Å². The van der Waals surface area contributed by atoms with Gasteiger partial charge in [-0.15, -0.1) is 24.0 Å². The summed E-state index contributed by atoms with van der Waals surface area (Å²) in [5.41, 5.74) is 1.25. The van der Waals surface area contributed by atoms with E-state index in [2.05, 4.69) is 33.1 Å². The van der Waals surface area contributed by atoms with Gasteiger partial charge in [0, 0.05) is 58.5 Å². The number of benzene rings is 1. The van der Waals surface area contributed by atoms with Crippen molar-refractivity contribution in [3.63, 3.8) is 0 Å². The van der Waals surface area contributed by atoms with Gasteiger partial charge in [-0.25, -0.2) is 0 Å². The SMILES string of the molecule is CCCNC(=O)CCNC(=NC)NCC1CC(=O)N(CCc2ccccc2)C1.I. The second kappa shape index (κ2) is 14.2. The molecule has 1 unspecified atom stereocenters. The average Bonchev–Trinajstić information content (AvgIpc) is 3.07. The van der Waals surface area contributed by atoms with E-state index < -0.39 is 0 Å². The van der Waals surface area contributed by atoms with Crippen LogP contribution in [0.3, 0.4) is 0 Å². The molecule has 0 saturated carbocycles. The number of guanidine groups is 1. The summed E-state index contributed by atoms with van der Waals surface area (Å²) in [5, 5.41) is 9.27. The lowest BCUT2D eigenvalue weighted by atomic mass is 10.1. The molecule has 7 nitrogen and oxygen atoms in total. The number of hydrogen-bond acceptors (Lipinski definition) is 3. The number of nitrogens with one attached hydrogen (secondary N) is 3. The molecule has 0 bridgehead atoms. The van der Waals surface area contributed by atoms with Crippen molar-refractivity contribution in [3.05, 3.63) is 35.9 Å². The quantitative estimate of drug-likeness (QED) is 0.252. The number of likely N-dealkylation sites (tertiary alicyclic amines) is 1. The van der Waals surface area contributed by atoms with Crippen LogP contribution in [0.5, 0.6) is 0 Å². The van der Waals surface area contributed by atoms with Crippen LogP contribution in [0.15, 0.2) is 35.3 Å². The van der Waals surface area contributed by atoms with Crippen LogP contribution in [0.2, 0.25) is 0 Å². The molecule has 1 heterocycles. The van der Waals surface area contributed by atoms with Crippen LogP contribution in [0.1, 0.15) is 31.7 Å². The molecule has 1 aliphatic rings. The third-order valence-electron chi connectivity index (χ3n) is 4.81. The Morgan fingerprint density at radius 2 is 1.93 bits per heavy atom. The van der Waals surface area contributed by atoms with Crippen LogP contribution in [0.25, 0.3) is 0 Å². The van der Waals surface area contributed by atoms with Gasteiger partial charge in [-0.1, -0.05) is 37.3 Å². The number of rotatable bonds is 10. The third kappa shape index (κ3) is 9.47. The summed E-state index contributed by atoms with van der Waals surface area (Å²) in [7, 11) is 1.71. The predicted octanol–water partition coefficient (Wildman–Crippen LogP) is 1.78. The van der Waals surface area contributed by atoms with Gasteiger partial charge < -0.3 is 20.9 Å². The zero-order valence-corrected chi connectivity index (χ0v) is 19.8. The summed E-state index contributed by atoms with van der Waals surface area (Å²) < 4.78 is 0. The third-order valence-corrected chi connectivity index (χ3v) is 4.81. The minimum Gasteiger partial charge on any atom is -0.356 e. The first-order valence-corrected chi connectivity index (χ1v) is 10.1. The fourth-order valence-corrected chi connectivity index (χ4v) is 3.22.